The quantitative estimate of drug-likeness (QED) is 0.557. The number of benzene rings is 3. The van der Waals surface area contributed by atoms with Crippen LogP contribution in [-0.4, -0.2) is 17.8 Å². The number of aliphatic imine (C=N–C) groups is 2. The fourth-order valence-corrected chi connectivity index (χ4v) is 3.97. The van der Waals surface area contributed by atoms with Gasteiger partial charge in [-0.3, -0.25) is 4.79 Å². The van der Waals surface area contributed by atoms with Crippen molar-refractivity contribution in [2.75, 3.05) is 0 Å². The maximum Gasteiger partial charge on any atom is 0.323 e. The lowest BCUT2D eigenvalue weighted by Crippen LogP contribution is -2.34. The summed E-state index contributed by atoms with van der Waals surface area (Å²) in [5.74, 6) is 0.264. The standard InChI is InChI=1S/C26H24N2O/c29-24(19-21-11-4-1-5-12-21)17-10-18-26(23-15-8-3-9-16-23)25(27-20-28-26)22-13-6-2-7-14-22/h1-9,11-16,20H,10,17-19H2/q+1. The van der Waals surface area contributed by atoms with E-state index in [0.29, 0.717) is 12.8 Å². The van der Waals surface area contributed by atoms with Crippen molar-refractivity contribution in [1.29, 1.82) is 0 Å². The molecule has 1 atom stereocenters. The van der Waals surface area contributed by atoms with E-state index in [0.717, 1.165) is 35.2 Å². The molecular formula is C26H24N2O+. The Bertz CT molecular complexity index is 1010. The molecule has 1 heterocycles. The lowest BCUT2D eigenvalue weighted by molar-refractivity contribution is -0.118. The molecule has 0 amide bonds. The van der Waals surface area contributed by atoms with Crippen molar-refractivity contribution >= 4 is 17.8 Å². The molecule has 0 saturated carbocycles. The fourth-order valence-electron chi connectivity index (χ4n) is 3.97. The molecule has 0 bridgehead atoms. The Hall–Kier alpha value is -3.33. The normalized spacial score (nSPS) is 17.9. The molecule has 1 radical (unpaired) electrons. The minimum atomic E-state index is -0.532. The van der Waals surface area contributed by atoms with Crippen LogP contribution in [-0.2, 0) is 16.8 Å². The predicted octanol–water partition coefficient (Wildman–Crippen LogP) is 4.73. The van der Waals surface area contributed by atoms with Gasteiger partial charge in [0.15, 0.2) is 0 Å². The van der Waals surface area contributed by atoms with Crippen LogP contribution in [0.1, 0.15) is 36.0 Å². The third kappa shape index (κ3) is 4.24. The van der Waals surface area contributed by atoms with Gasteiger partial charge in [0.25, 0.3) is 0 Å². The SMILES string of the molecule is O=C(CCCC1(c2ccccc2)N=C[N+]=C1c1ccccc1)Cc1ccccc1. The highest BCUT2D eigenvalue weighted by atomic mass is 16.1. The number of carbonyl (C=O) groups is 1. The van der Waals surface area contributed by atoms with Gasteiger partial charge >= 0.3 is 6.34 Å². The van der Waals surface area contributed by atoms with E-state index in [1.54, 1.807) is 6.34 Å². The lowest BCUT2D eigenvalue weighted by atomic mass is 9.78. The van der Waals surface area contributed by atoms with E-state index in [4.69, 9.17) is 4.99 Å². The second-order valence-corrected chi connectivity index (χ2v) is 7.37. The number of ketones is 1. The highest BCUT2D eigenvalue weighted by molar-refractivity contribution is 6.12. The maximum absolute atomic E-state index is 12.5. The summed E-state index contributed by atoms with van der Waals surface area (Å²) in [4.78, 5) is 22.0. The Balaban J connectivity index is 1.52. The molecule has 3 aromatic rings. The number of hydrogen-bond acceptors (Lipinski definition) is 3. The van der Waals surface area contributed by atoms with Crippen molar-refractivity contribution in [3.05, 3.63) is 108 Å². The number of hydrogen-bond donors (Lipinski definition) is 0. The van der Waals surface area contributed by atoms with E-state index < -0.39 is 5.54 Å². The van der Waals surface area contributed by atoms with Gasteiger partial charge in [0.05, 0.1) is 0 Å². The van der Waals surface area contributed by atoms with Crippen LogP contribution in [0, 0.1) is 0 Å². The summed E-state index contributed by atoms with van der Waals surface area (Å²) in [6.45, 7) is 0. The van der Waals surface area contributed by atoms with Crippen LogP contribution in [0.3, 0.4) is 0 Å². The summed E-state index contributed by atoms with van der Waals surface area (Å²) < 4.78 is 0. The average molecular weight is 380 g/mol. The van der Waals surface area contributed by atoms with Gasteiger partial charge in [-0.15, -0.1) is 0 Å². The molecule has 1 aliphatic rings. The van der Waals surface area contributed by atoms with Crippen LogP contribution < -0.4 is 4.99 Å². The van der Waals surface area contributed by atoms with Gasteiger partial charge < -0.3 is 0 Å². The molecule has 0 aromatic heterocycles. The second kappa shape index (κ2) is 8.78. The number of rotatable bonds is 8. The zero-order valence-corrected chi connectivity index (χ0v) is 16.4. The number of nitrogens with zero attached hydrogens (tertiary/aromatic N) is 2. The monoisotopic (exact) mass is 380 g/mol. The third-order valence-corrected chi connectivity index (χ3v) is 5.39. The van der Waals surface area contributed by atoms with Crippen molar-refractivity contribution in [2.45, 2.75) is 31.2 Å². The summed E-state index contributed by atoms with van der Waals surface area (Å²) in [6, 6.07) is 30.4. The highest BCUT2D eigenvalue weighted by Crippen LogP contribution is 2.36. The molecule has 0 fully saturated rings. The number of Topliss-reactive ketones (excluding diaryl/α,β-unsaturated/α-hetero) is 1. The molecule has 0 aliphatic carbocycles. The second-order valence-electron chi connectivity index (χ2n) is 7.37. The summed E-state index contributed by atoms with van der Waals surface area (Å²) in [5, 5.41) is 0. The Morgan fingerprint density at radius 2 is 1.45 bits per heavy atom. The largest absolute Gasteiger partial charge is 0.323 e. The Morgan fingerprint density at radius 3 is 2.14 bits per heavy atom. The van der Waals surface area contributed by atoms with Crippen molar-refractivity contribution in [3.63, 3.8) is 0 Å². The van der Waals surface area contributed by atoms with Gasteiger partial charge in [-0.2, -0.15) is 0 Å². The lowest BCUT2D eigenvalue weighted by Gasteiger charge is -2.21. The average Bonchev–Trinajstić information content (AvgIpc) is 3.21. The first-order chi connectivity index (χ1) is 14.3. The molecule has 1 unspecified atom stereocenters. The van der Waals surface area contributed by atoms with Gasteiger partial charge in [0.1, 0.15) is 5.78 Å². The summed E-state index contributed by atoms with van der Waals surface area (Å²) in [6.07, 6.45) is 4.22. The molecule has 0 spiro atoms. The first kappa shape index (κ1) is 19.0. The van der Waals surface area contributed by atoms with E-state index in [1.807, 2.05) is 66.7 Å². The van der Waals surface area contributed by atoms with Crippen molar-refractivity contribution < 1.29 is 4.79 Å². The molecule has 3 nitrogen and oxygen atoms in total. The van der Waals surface area contributed by atoms with Crippen LogP contribution in [0.4, 0.5) is 0 Å². The van der Waals surface area contributed by atoms with E-state index in [-0.39, 0.29) is 5.78 Å². The van der Waals surface area contributed by atoms with Gasteiger partial charge in [-0.05, 0) is 17.0 Å². The molecule has 0 N–H and O–H groups in total. The van der Waals surface area contributed by atoms with Gasteiger partial charge in [0.2, 0.25) is 11.3 Å². The smallest absolute Gasteiger partial charge is 0.299 e. The highest BCUT2D eigenvalue weighted by Gasteiger charge is 2.49. The van der Waals surface area contributed by atoms with Gasteiger partial charge in [0, 0.05) is 30.4 Å². The number of carbonyl (C=O) groups excluding carboxylic acids is 1. The van der Waals surface area contributed by atoms with E-state index >= 15 is 0 Å². The Morgan fingerprint density at radius 1 is 0.828 bits per heavy atom. The molecular weight excluding hydrogens is 356 g/mol. The summed E-state index contributed by atoms with van der Waals surface area (Å²) in [7, 11) is 0. The third-order valence-electron chi connectivity index (χ3n) is 5.39. The van der Waals surface area contributed by atoms with E-state index in [9.17, 15) is 4.79 Å². The summed E-state index contributed by atoms with van der Waals surface area (Å²) in [5.41, 5.74) is 3.69. The Kier molecular flexibility index (Phi) is 5.76. The molecule has 29 heavy (non-hydrogen) atoms. The van der Waals surface area contributed by atoms with Crippen LogP contribution in [0.15, 0.2) is 96.0 Å². The first-order valence-electron chi connectivity index (χ1n) is 10.1. The van der Waals surface area contributed by atoms with Crippen molar-refractivity contribution in [1.82, 2.24) is 4.99 Å². The minimum absolute atomic E-state index is 0.264. The van der Waals surface area contributed by atoms with Crippen LogP contribution >= 0.6 is 0 Å². The van der Waals surface area contributed by atoms with Crippen LogP contribution in [0.25, 0.3) is 0 Å². The summed E-state index contributed by atoms with van der Waals surface area (Å²) >= 11 is 0. The molecule has 4 rings (SSSR count). The fraction of sp³-hybridized carbons (Fsp3) is 0.192. The minimum Gasteiger partial charge on any atom is -0.299 e. The molecule has 3 aromatic carbocycles. The predicted molar refractivity (Wildman–Crippen MR) is 118 cm³/mol. The maximum atomic E-state index is 12.5. The molecule has 1 aliphatic heterocycles. The zero-order valence-electron chi connectivity index (χ0n) is 16.4. The van der Waals surface area contributed by atoms with Crippen LogP contribution in [0.2, 0.25) is 0 Å². The molecule has 143 valence electrons. The van der Waals surface area contributed by atoms with Crippen molar-refractivity contribution in [2.24, 2.45) is 4.99 Å². The van der Waals surface area contributed by atoms with E-state index in [1.165, 1.54) is 0 Å². The van der Waals surface area contributed by atoms with Crippen molar-refractivity contribution in [3.8, 4) is 0 Å². The molecule has 3 heteroatoms. The Labute approximate surface area is 171 Å². The van der Waals surface area contributed by atoms with Crippen LogP contribution in [0.5, 0.6) is 0 Å². The molecule has 0 saturated heterocycles. The van der Waals surface area contributed by atoms with Gasteiger partial charge in [-0.1, -0.05) is 96.0 Å². The van der Waals surface area contributed by atoms with Gasteiger partial charge in [-0.25, -0.2) is 0 Å². The first-order valence-corrected chi connectivity index (χ1v) is 10.1. The van der Waals surface area contributed by atoms with E-state index in [2.05, 4.69) is 29.3 Å². The topological polar surface area (TPSA) is 43.5 Å². The zero-order chi connectivity index (χ0) is 19.9.